The van der Waals surface area contributed by atoms with Crippen LogP contribution < -0.4 is 5.32 Å². The van der Waals surface area contributed by atoms with Gasteiger partial charge in [-0.3, -0.25) is 0 Å². The Morgan fingerprint density at radius 3 is 2.79 bits per heavy atom. The minimum atomic E-state index is 0.454. The summed E-state index contributed by atoms with van der Waals surface area (Å²) in [6.07, 6.45) is 0.746. The fourth-order valence-corrected chi connectivity index (χ4v) is 0.857. The van der Waals surface area contributed by atoms with Crippen molar-refractivity contribution in [3.05, 3.63) is 23.9 Å². The zero-order chi connectivity index (χ0) is 10.6. The Hall–Kier alpha value is -1.78. The van der Waals surface area contributed by atoms with Gasteiger partial charge < -0.3 is 5.32 Å². The van der Waals surface area contributed by atoms with E-state index in [1.807, 2.05) is 13.8 Å². The van der Waals surface area contributed by atoms with Crippen molar-refractivity contribution in [1.29, 1.82) is 0 Å². The smallest absolute Gasteiger partial charge is 0.157 e. The normalized spacial score (nSPS) is 9.57. The lowest BCUT2D eigenvalue weighted by atomic mass is 10.4. The van der Waals surface area contributed by atoms with E-state index in [-0.39, 0.29) is 0 Å². The highest BCUT2D eigenvalue weighted by atomic mass is 15.2. The van der Waals surface area contributed by atoms with Gasteiger partial charge in [0.05, 0.1) is 0 Å². The molecule has 74 valence electrons. The molecular formula is C9H13N5. The highest BCUT2D eigenvalue weighted by molar-refractivity contribution is 5.45. The van der Waals surface area contributed by atoms with Gasteiger partial charge in [-0.15, -0.1) is 5.10 Å². The van der Waals surface area contributed by atoms with Gasteiger partial charge in [0.15, 0.2) is 11.6 Å². The van der Waals surface area contributed by atoms with Gasteiger partial charge in [0.1, 0.15) is 11.5 Å². The van der Waals surface area contributed by atoms with E-state index in [1.54, 1.807) is 0 Å². The molecule has 1 aromatic heterocycles. The first-order valence-electron chi connectivity index (χ1n) is 4.30. The third kappa shape index (κ3) is 2.35. The van der Waals surface area contributed by atoms with E-state index in [0.29, 0.717) is 23.2 Å². The van der Waals surface area contributed by atoms with Gasteiger partial charge in [-0.05, 0) is 13.6 Å². The van der Waals surface area contributed by atoms with Crippen molar-refractivity contribution in [3.63, 3.8) is 0 Å². The lowest BCUT2D eigenvalue weighted by Gasteiger charge is -2.06. The molecule has 5 heteroatoms. The number of aryl methyl sites for hydroxylation is 2. The number of anilines is 1. The van der Waals surface area contributed by atoms with Crippen LogP contribution in [0.15, 0.2) is 17.4 Å². The number of nitrogens with one attached hydrogen (secondary N) is 1. The molecule has 14 heavy (non-hydrogen) atoms. The topological polar surface area (TPSA) is 63.1 Å². The highest BCUT2D eigenvalue weighted by Crippen LogP contribution is 2.09. The largest absolute Gasteiger partial charge is 0.324 e. The molecule has 0 aliphatic rings. The first kappa shape index (κ1) is 10.3. The Kier molecular flexibility index (Phi) is 3.28. The molecule has 0 atom stereocenters. The zero-order valence-corrected chi connectivity index (χ0v) is 8.41. The van der Waals surface area contributed by atoms with E-state index in [4.69, 9.17) is 0 Å². The first-order valence-corrected chi connectivity index (χ1v) is 4.30. The lowest BCUT2D eigenvalue weighted by molar-refractivity contribution is 0.829. The molecule has 1 N–H and O–H groups in total. The zero-order valence-electron chi connectivity index (χ0n) is 8.41. The summed E-state index contributed by atoms with van der Waals surface area (Å²) in [5.41, 5.74) is 0.715. The van der Waals surface area contributed by atoms with Gasteiger partial charge in [-0.2, -0.15) is 5.10 Å². The number of aromatic nitrogens is 3. The number of rotatable bonds is 4. The van der Waals surface area contributed by atoms with Crippen LogP contribution in [0, 0.1) is 6.92 Å². The molecule has 0 aromatic carbocycles. The van der Waals surface area contributed by atoms with E-state index in [2.05, 4.69) is 38.8 Å². The van der Waals surface area contributed by atoms with Gasteiger partial charge in [-0.1, -0.05) is 13.5 Å². The summed E-state index contributed by atoms with van der Waals surface area (Å²) in [7, 11) is 0. The minimum absolute atomic E-state index is 0.454. The highest BCUT2D eigenvalue weighted by Gasteiger charge is 2.04. The fourth-order valence-electron chi connectivity index (χ4n) is 0.857. The molecule has 0 aliphatic heterocycles. The second kappa shape index (κ2) is 4.45. The quantitative estimate of drug-likeness (QED) is 0.729. The SMILES string of the molecule is C=NC(=C)Nc1nc(CC)nnc1C. The molecule has 0 saturated heterocycles. The van der Waals surface area contributed by atoms with Gasteiger partial charge in [0.2, 0.25) is 0 Å². The van der Waals surface area contributed by atoms with E-state index >= 15 is 0 Å². The van der Waals surface area contributed by atoms with Crippen molar-refractivity contribution >= 4 is 12.5 Å². The van der Waals surface area contributed by atoms with Crippen LogP contribution in [0.1, 0.15) is 18.4 Å². The van der Waals surface area contributed by atoms with Crippen LogP contribution in [0.25, 0.3) is 0 Å². The molecule has 5 nitrogen and oxygen atoms in total. The Bertz CT molecular complexity index is 358. The van der Waals surface area contributed by atoms with Crippen LogP contribution in [-0.4, -0.2) is 21.9 Å². The Morgan fingerprint density at radius 1 is 1.50 bits per heavy atom. The van der Waals surface area contributed by atoms with Crippen molar-refractivity contribution in [2.45, 2.75) is 20.3 Å². The van der Waals surface area contributed by atoms with E-state index in [1.165, 1.54) is 0 Å². The van der Waals surface area contributed by atoms with E-state index in [9.17, 15) is 0 Å². The van der Waals surface area contributed by atoms with Crippen molar-refractivity contribution in [1.82, 2.24) is 15.2 Å². The Balaban J connectivity index is 2.94. The number of hydrogen-bond donors (Lipinski definition) is 1. The van der Waals surface area contributed by atoms with E-state index in [0.717, 1.165) is 6.42 Å². The van der Waals surface area contributed by atoms with Gasteiger partial charge >= 0.3 is 0 Å². The maximum Gasteiger partial charge on any atom is 0.157 e. The van der Waals surface area contributed by atoms with Crippen molar-refractivity contribution in [3.8, 4) is 0 Å². The molecule has 0 bridgehead atoms. The summed E-state index contributed by atoms with van der Waals surface area (Å²) in [5.74, 6) is 1.78. The van der Waals surface area contributed by atoms with Crippen LogP contribution in [0.3, 0.4) is 0 Å². The average Bonchev–Trinajstić information content (AvgIpc) is 2.21. The van der Waals surface area contributed by atoms with Crippen LogP contribution in [0.2, 0.25) is 0 Å². The van der Waals surface area contributed by atoms with Crippen molar-refractivity contribution in [2.75, 3.05) is 5.32 Å². The molecule has 0 aliphatic carbocycles. The van der Waals surface area contributed by atoms with Crippen LogP contribution >= 0.6 is 0 Å². The summed E-state index contributed by atoms with van der Waals surface area (Å²) in [6, 6.07) is 0. The molecule has 0 amide bonds. The summed E-state index contributed by atoms with van der Waals surface area (Å²) in [6.45, 7) is 10.8. The van der Waals surface area contributed by atoms with Crippen molar-refractivity contribution in [2.24, 2.45) is 4.99 Å². The molecule has 0 saturated carbocycles. The molecule has 1 aromatic rings. The standard InChI is InChI=1S/C9H13N5/c1-5-8-12-9(6(2)13-14-8)11-7(3)10-4/h3-5H2,1-2H3,(H,11,12,14). The van der Waals surface area contributed by atoms with Crippen LogP contribution in [0.4, 0.5) is 5.82 Å². The molecule has 1 heterocycles. The second-order valence-corrected chi connectivity index (χ2v) is 2.75. The molecule has 1 rings (SSSR count). The van der Waals surface area contributed by atoms with Gasteiger partial charge in [-0.25, -0.2) is 9.98 Å². The molecule has 0 spiro atoms. The van der Waals surface area contributed by atoms with Gasteiger partial charge in [0.25, 0.3) is 0 Å². The fraction of sp³-hybridized carbons (Fsp3) is 0.333. The maximum absolute atomic E-state index is 4.25. The van der Waals surface area contributed by atoms with Crippen molar-refractivity contribution < 1.29 is 0 Å². The number of nitrogens with zero attached hydrogens (tertiary/aromatic N) is 4. The predicted octanol–water partition coefficient (Wildman–Crippen LogP) is 1.33. The molecule has 0 unspecified atom stereocenters. The molecule has 0 radical (unpaired) electrons. The molecular weight excluding hydrogens is 178 g/mol. The third-order valence-electron chi connectivity index (χ3n) is 1.67. The monoisotopic (exact) mass is 191 g/mol. The Labute approximate surface area is 83.0 Å². The summed E-state index contributed by atoms with van der Waals surface area (Å²) >= 11 is 0. The lowest BCUT2D eigenvalue weighted by Crippen LogP contribution is -2.06. The van der Waals surface area contributed by atoms with Crippen LogP contribution in [0.5, 0.6) is 0 Å². The Morgan fingerprint density at radius 2 is 2.21 bits per heavy atom. The first-order chi connectivity index (χ1) is 6.67. The minimum Gasteiger partial charge on any atom is -0.324 e. The summed E-state index contributed by atoms with van der Waals surface area (Å²) in [4.78, 5) is 7.88. The second-order valence-electron chi connectivity index (χ2n) is 2.75. The number of aliphatic imine (C=N–C) groups is 1. The summed E-state index contributed by atoms with van der Waals surface area (Å²) < 4.78 is 0. The number of hydrogen-bond acceptors (Lipinski definition) is 5. The summed E-state index contributed by atoms with van der Waals surface area (Å²) in [5, 5.41) is 10.8. The average molecular weight is 191 g/mol. The third-order valence-corrected chi connectivity index (χ3v) is 1.67. The predicted molar refractivity (Wildman–Crippen MR) is 56.3 cm³/mol. The maximum atomic E-state index is 4.25. The van der Waals surface area contributed by atoms with E-state index < -0.39 is 0 Å². The van der Waals surface area contributed by atoms with Gasteiger partial charge in [0, 0.05) is 6.42 Å². The molecule has 0 fully saturated rings. The van der Waals surface area contributed by atoms with Crippen LogP contribution in [-0.2, 0) is 6.42 Å².